The highest BCUT2D eigenvalue weighted by Gasteiger charge is 2.32. The molecule has 3 rings (SSSR count). The fourth-order valence-corrected chi connectivity index (χ4v) is 2.85. The van der Waals surface area contributed by atoms with Crippen molar-refractivity contribution in [1.29, 1.82) is 5.26 Å². The standard InChI is InChI=1S/C24H21F3N6O5/c1-14(38-22(36)37-13-23(2,3)21(34)35)33-31-17(12-28)20(32-33)16-6-4-5-15(11-16)7-8-19-29-10-9-18(30-19)24(25,26)27/h4-11,14H,13H2,1-3H3,(H,34,35). The molecule has 0 aliphatic rings. The highest BCUT2D eigenvalue weighted by atomic mass is 19.4. The van der Waals surface area contributed by atoms with Crippen LogP contribution in [0.15, 0.2) is 36.5 Å². The highest BCUT2D eigenvalue weighted by Crippen LogP contribution is 2.27. The summed E-state index contributed by atoms with van der Waals surface area (Å²) in [7, 11) is 0. The van der Waals surface area contributed by atoms with Crippen LogP contribution in [0, 0.1) is 16.7 Å². The highest BCUT2D eigenvalue weighted by molar-refractivity contribution is 5.74. The van der Waals surface area contributed by atoms with Gasteiger partial charge in [0.15, 0.2) is 11.5 Å². The number of hydrogen-bond donors (Lipinski definition) is 1. The van der Waals surface area contributed by atoms with Crippen LogP contribution in [0.5, 0.6) is 0 Å². The topological polar surface area (TPSA) is 153 Å². The molecule has 0 aliphatic carbocycles. The largest absolute Gasteiger partial charge is 0.510 e. The fourth-order valence-electron chi connectivity index (χ4n) is 2.85. The van der Waals surface area contributed by atoms with Crippen molar-refractivity contribution in [1.82, 2.24) is 25.0 Å². The number of nitriles is 1. The first-order chi connectivity index (χ1) is 17.8. The number of carbonyl (C=O) groups excluding carboxylic acids is 1. The molecule has 1 N–H and O–H groups in total. The second-order valence-electron chi connectivity index (χ2n) is 8.53. The molecule has 198 valence electrons. The molecular weight excluding hydrogens is 509 g/mol. The van der Waals surface area contributed by atoms with Crippen LogP contribution in [-0.2, 0) is 20.4 Å². The van der Waals surface area contributed by atoms with E-state index in [-0.39, 0.29) is 17.2 Å². The minimum atomic E-state index is -4.60. The third-order valence-electron chi connectivity index (χ3n) is 5.01. The summed E-state index contributed by atoms with van der Waals surface area (Å²) in [6.07, 6.45) is -3.03. The SMILES string of the molecule is CC(OC(=O)OCC(C)(C)C(=O)O)n1nc(C#N)c(-c2cccc(C=Cc3nccc(C(F)(F)F)n3)c2)n1. The van der Waals surface area contributed by atoms with Gasteiger partial charge in [-0.25, -0.2) is 14.8 Å². The molecule has 0 spiro atoms. The van der Waals surface area contributed by atoms with Crippen molar-refractivity contribution in [2.45, 2.75) is 33.2 Å². The van der Waals surface area contributed by atoms with E-state index >= 15 is 0 Å². The Morgan fingerprint density at radius 2 is 1.95 bits per heavy atom. The fraction of sp³-hybridized carbons (Fsp3) is 0.292. The summed E-state index contributed by atoms with van der Waals surface area (Å²) in [5, 5.41) is 26.9. The number of carbonyl (C=O) groups is 2. The van der Waals surface area contributed by atoms with Crippen LogP contribution in [0.25, 0.3) is 23.4 Å². The van der Waals surface area contributed by atoms with Crippen molar-refractivity contribution >= 4 is 24.3 Å². The van der Waals surface area contributed by atoms with Crippen molar-refractivity contribution < 1.29 is 37.3 Å². The van der Waals surface area contributed by atoms with E-state index in [1.165, 1.54) is 32.9 Å². The molecular formula is C24H21F3N6O5. The maximum atomic E-state index is 12.9. The molecule has 1 atom stereocenters. The molecule has 0 fully saturated rings. The molecule has 14 heteroatoms. The zero-order chi connectivity index (χ0) is 28.1. The van der Waals surface area contributed by atoms with Gasteiger partial charge in [0.05, 0.1) is 5.41 Å². The molecule has 11 nitrogen and oxygen atoms in total. The minimum absolute atomic E-state index is 0.0804. The summed E-state index contributed by atoms with van der Waals surface area (Å²) in [4.78, 5) is 31.4. The second kappa shape index (κ2) is 11.1. The Morgan fingerprint density at radius 1 is 1.21 bits per heavy atom. The normalized spacial score (nSPS) is 12.7. The zero-order valence-electron chi connectivity index (χ0n) is 20.3. The van der Waals surface area contributed by atoms with Crippen LogP contribution < -0.4 is 0 Å². The van der Waals surface area contributed by atoms with Crippen molar-refractivity contribution in [2.75, 3.05) is 6.61 Å². The Hall–Kier alpha value is -4.80. The van der Waals surface area contributed by atoms with Crippen LogP contribution in [0.2, 0.25) is 0 Å². The number of aliphatic carboxylic acids is 1. The van der Waals surface area contributed by atoms with Crippen molar-refractivity contribution in [3.8, 4) is 17.3 Å². The van der Waals surface area contributed by atoms with Gasteiger partial charge < -0.3 is 14.6 Å². The number of ether oxygens (including phenoxy) is 2. The van der Waals surface area contributed by atoms with Crippen LogP contribution >= 0.6 is 0 Å². The molecule has 0 saturated carbocycles. The Bertz CT molecular complexity index is 1410. The van der Waals surface area contributed by atoms with Gasteiger partial charge >= 0.3 is 18.3 Å². The molecule has 38 heavy (non-hydrogen) atoms. The summed E-state index contributed by atoms with van der Waals surface area (Å²) in [6.45, 7) is 3.74. The molecule has 0 radical (unpaired) electrons. The number of nitrogens with zero attached hydrogens (tertiary/aromatic N) is 6. The predicted molar refractivity (Wildman–Crippen MR) is 125 cm³/mol. The summed E-state index contributed by atoms with van der Waals surface area (Å²) >= 11 is 0. The predicted octanol–water partition coefficient (Wildman–Crippen LogP) is 4.58. The molecule has 3 aromatic rings. The zero-order valence-corrected chi connectivity index (χ0v) is 20.3. The quantitative estimate of drug-likeness (QED) is 0.410. The van der Waals surface area contributed by atoms with Gasteiger partial charge in [0.2, 0.25) is 6.23 Å². The second-order valence-corrected chi connectivity index (χ2v) is 8.53. The van der Waals surface area contributed by atoms with Crippen molar-refractivity contribution in [2.24, 2.45) is 5.41 Å². The van der Waals surface area contributed by atoms with Gasteiger partial charge in [-0.3, -0.25) is 4.79 Å². The number of rotatable bonds is 8. The molecule has 0 bridgehead atoms. The lowest BCUT2D eigenvalue weighted by Crippen LogP contribution is -2.31. The van der Waals surface area contributed by atoms with Crippen LogP contribution in [-0.4, -0.2) is 48.8 Å². The molecule has 0 saturated heterocycles. The number of hydrogen-bond acceptors (Lipinski definition) is 9. The van der Waals surface area contributed by atoms with E-state index in [4.69, 9.17) is 14.6 Å². The molecule has 1 unspecified atom stereocenters. The summed E-state index contributed by atoms with van der Waals surface area (Å²) < 4.78 is 48.6. The summed E-state index contributed by atoms with van der Waals surface area (Å²) in [5.41, 5.74) is -1.30. The van der Waals surface area contributed by atoms with Crippen LogP contribution in [0.1, 0.15) is 49.8 Å². The lowest BCUT2D eigenvalue weighted by atomic mass is 9.95. The molecule has 0 aliphatic heterocycles. The van der Waals surface area contributed by atoms with Gasteiger partial charge in [-0.05, 0) is 44.5 Å². The first kappa shape index (κ1) is 27.8. The maximum absolute atomic E-state index is 12.9. The number of carboxylic acid groups (broad SMARTS) is 1. The van der Waals surface area contributed by atoms with Gasteiger partial charge in [-0.15, -0.1) is 15.0 Å². The third kappa shape index (κ3) is 6.90. The Balaban J connectivity index is 1.77. The third-order valence-corrected chi connectivity index (χ3v) is 5.01. The van der Waals surface area contributed by atoms with E-state index in [0.717, 1.165) is 17.1 Å². The van der Waals surface area contributed by atoms with Crippen molar-refractivity contribution in [3.63, 3.8) is 0 Å². The van der Waals surface area contributed by atoms with E-state index in [1.54, 1.807) is 24.3 Å². The number of carboxylic acids is 1. The molecule has 1 aromatic carbocycles. The monoisotopic (exact) mass is 530 g/mol. The van der Waals surface area contributed by atoms with Gasteiger partial charge in [0.1, 0.15) is 24.1 Å². The molecule has 2 aromatic heterocycles. The summed E-state index contributed by atoms with van der Waals surface area (Å²) in [6, 6.07) is 9.24. The van der Waals surface area contributed by atoms with Gasteiger partial charge in [0.25, 0.3) is 0 Å². The number of halogens is 3. The molecule has 0 amide bonds. The average Bonchev–Trinajstić information content (AvgIpc) is 3.31. The van der Waals surface area contributed by atoms with E-state index in [9.17, 15) is 28.0 Å². The maximum Gasteiger partial charge on any atom is 0.510 e. The average molecular weight is 530 g/mol. The lowest BCUT2D eigenvalue weighted by molar-refractivity contribution is -0.149. The van der Waals surface area contributed by atoms with Gasteiger partial charge in [-0.2, -0.15) is 18.4 Å². The number of benzene rings is 1. The van der Waals surface area contributed by atoms with Crippen LogP contribution in [0.4, 0.5) is 18.0 Å². The van der Waals surface area contributed by atoms with Gasteiger partial charge in [0, 0.05) is 11.8 Å². The van der Waals surface area contributed by atoms with E-state index < -0.39 is 42.2 Å². The van der Waals surface area contributed by atoms with Gasteiger partial charge in [-0.1, -0.05) is 24.3 Å². The smallest absolute Gasteiger partial charge is 0.481 e. The molecule has 2 heterocycles. The summed E-state index contributed by atoms with van der Waals surface area (Å²) in [5.74, 6) is -1.30. The Labute approximate surface area is 214 Å². The van der Waals surface area contributed by atoms with E-state index in [2.05, 4.69) is 20.2 Å². The van der Waals surface area contributed by atoms with Crippen LogP contribution in [0.3, 0.4) is 0 Å². The first-order valence-corrected chi connectivity index (χ1v) is 10.9. The minimum Gasteiger partial charge on any atom is -0.481 e. The number of alkyl halides is 3. The van der Waals surface area contributed by atoms with E-state index in [1.807, 2.05) is 6.07 Å². The first-order valence-electron chi connectivity index (χ1n) is 10.9. The van der Waals surface area contributed by atoms with E-state index in [0.29, 0.717) is 11.1 Å². The Morgan fingerprint density at radius 3 is 2.61 bits per heavy atom. The number of aromatic nitrogens is 5. The van der Waals surface area contributed by atoms with Crippen molar-refractivity contribution in [3.05, 3.63) is 59.3 Å². The lowest BCUT2D eigenvalue weighted by Gasteiger charge is -2.19. The Kier molecular flexibility index (Phi) is 8.10.